The summed E-state index contributed by atoms with van der Waals surface area (Å²) in [4.78, 5) is 18.5. The molecule has 1 aromatic heterocycles. The minimum atomic E-state index is -1.11. The number of aliphatic hydroxyl groups is 1. The molecule has 2 heterocycles. The van der Waals surface area contributed by atoms with Crippen LogP contribution in [0, 0.1) is 0 Å². The first kappa shape index (κ1) is 21.6. The topological polar surface area (TPSA) is 104 Å². The van der Waals surface area contributed by atoms with E-state index < -0.39 is 5.60 Å². The van der Waals surface area contributed by atoms with Crippen molar-refractivity contribution in [3.63, 3.8) is 0 Å². The van der Waals surface area contributed by atoms with E-state index in [-0.39, 0.29) is 19.1 Å². The first-order valence-corrected chi connectivity index (χ1v) is 10.2. The van der Waals surface area contributed by atoms with Crippen molar-refractivity contribution in [1.29, 1.82) is 0 Å². The van der Waals surface area contributed by atoms with Crippen molar-refractivity contribution in [1.82, 2.24) is 20.4 Å². The maximum Gasteiger partial charge on any atom is 0.265 e. The number of aliphatic imine (C=N–C) groups is 1. The van der Waals surface area contributed by atoms with Crippen LogP contribution in [0.15, 0.2) is 41.7 Å². The molecule has 2 aromatic rings. The molecule has 0 bridgehead atoms. The quantitative estimate of drug-likeness (QED) is 0.338. The summed E-state index contributed by atoms with van der Waals surface area (Å²) in [5.74, 6) is 1.31. The summed E-state index contributed by atoms with van der Waals surface area (Å²) >= 11 is 0. The van der Waals surface area contributed by atoms with Crippen molar-refractivity contribution >= 4 is 17.6 Å². The van der Waals surface area contributed by atoms with Crippen molar-refractivity contribution in [2.45, 2.75) is 25.9 Å². The molecule has 1 atom stereocenters. The van der Waals surface area contributed by atoms with Crippen LogP contribution in [0.2, 0.25) is 0 Å². The number of rotatable bonds is 8. The Morgan fingerprint density at radius 3 is 2.90 bits per heavy atom. The maximum atomic E-state index is 12.2. The van der Waals surface area contributed by atoms with Gasteiger partial charge in [0.1, 0.15) is 11.4 Å². The predicted molar refractivity (Wildman–Crippen MR) is 116 cm³/mol. The molecule has 0 aliphatic carbocycles. The Balaban J connectivity index is 1.54. The lowest BCUT2D eigenvalue weighted by atomic mass is 10.0. The fourth-order valence-corrected chi connectivity index (χ4v) is 3.21. The number of fused-ring (bicyclic) bond motifs is 1. The number of hydrogen-bond acceptors (Lipinski definition) is 5. The monoisotopic (exact) mass is 414 g/mol. The molecular formula is C21H30N6O3. The molecule has 0 radical (unpaired) electrons. The van der Waals surface area contributed by atoms with Crippen molar-refractivity contribution in [3.05, 3.63) is 42.2 Å². The van der Waals surface area contributed by atoms with Gasteiger partial charge in [0.25, 0.3) is 5.91 Å². The van der Waals surface area contributed by atoms with Gasteiger partial charge in [-0.15, -0.1) is 0 Å². The van der Waals surface area contributed by atoms with Crippen molar-refractivity contribution in [2.75, 3.05) is 37.7 Å². The van der Waals surface area contributed by atoms with Crippen LogP contribution in [0.1, 0.15) is 25.8 Å². The Labute approximate surface area is 176 Å². The van der Waals surface area contributed by atoms with E-state index >= 15 is 0 Å². The first-order chi connectivity index (χ1) is 14.4. The van der Waals surface area contributed by atoms with E-state index in [1.165, 1.54) is 0 Å². The average molecular weight is 415 g/mol. The Hall–Kier alpha value is -3.07. The second-order valence-corrected chi connectivity index (χ2v) is 7.45. The van der Waals surface area contributed by atoms with E-state index in [1.54, 1.807) is 28.9 Å². The van der Waals surface area contributed by atoms with E-state index in [1.807, 2.05) is 38.2 Å². The van der Waals surface area contributed by atoms with Gasteiger partial charge in [-0.2, -0.15) is 5.10 Å². The molecule has 0 saturated carbocycles. The molecule has 1 aliphatic rings. The van der Waals surface area contributed by atoms with E-state index in [0.29, 0.717) is 31.2 Å². The molecule has 1 amide bonds. The molecule has 1 unspecified atom stereocenters. The van der Waals surface area contributed by atoms with Crippen molar-refractivity contribution in [2.24, 2.45) is 12.0 Å². The summed E-state index contributed by atoms with van der Waals surface area (Å²) in [6.07, 6.45) is 4.17. The van der Waals surface area contributed by atoms with E-state index in [0.717, 1.165) is 17.9 Å². The Morgan fingerprint density at radius 1 is 1.37 bits per heavy atom. The number of guanidine groups is 1. The molecule has 162 valence electrons. The molecule has 0 spiro atoms. The van der Waals surface area contributed by atoms with Crippen LogP contribution in [0.25, 0.3) is 0 Å². The number of anilines is 1. The molecule has 0 fully saturated rings. The molecule has 9 nitrogen and oxygen atoms in total. The first-order valence-electron chi connectivity index (χ1n) is 10.2. The number of carbonyl (C=O) groups is 1. The minimum Gasteiger partial charge on any atom is -0.482 e. The number of nitrogens with one attached hydrogen (secondary N) is 2. The highest BCUT2D eigenvalue weighted by atomic mass is 16.5. The highest BCUT2D eigenvalue weighted by molar-refractivity contribution is 5.97. The van der Waals surface area contributed by atoms with Crippen LogP contribution >= 0.6 is 0 Å². The SMILES string of the molecule is CCNC(=NCC(C)(O)c1cnn(C)c1)NCCCN1C(=O)COc2ccccc21. The van der Waals surface area contributed by atoms with Crippen LogP contribution in [0.4, 0.5) is 5.69 Å². The van der Waals surface area contributed by atoms with E-state index in [2.05, 4.69) is 20.7 Å². The lowest BCUT2D eigenvalue weighted by Crippen LogP contribution is -2.42. The fourth-order valence-electron chi connectivity index (χ4n) is 3.21. The third-order valence-corrected chi connectivity index (χ3v) is 4.88. The number of amides is 1. The number of aromatic nitrogens is 2. The highest BCUT2D eigenvalue weighted by Crippen LogP contribution is 2.31. The number of carbonyl (C=O) groups excluding carboxylic acids is 1. The Morgan fingerprint density at radius 2 is 2.17 bits per heavy atom. The normalized spacial score (nSPS) is 15.9. The van der Waals surface area contributed by atoms with Gasteiger partial charge in [0.15, 0.2) is 12.6 Å². The Bertz CT molecular complexity index is 892. The lowest BCUT2D eigenvalue weighted by Gasteiger charge is -2.29. The average Bonchev–Trinajstić information content (AvgIpc) is 3.18. The van der Waals surface area contributed by atoms with Gasteiger partial charge in [0.2, 0.25) is 0 Å². The minimum absolute atomic E-state index is 0.0400. The second kappa shape index (κ2) is 9.62. The van der Waals surface area contributed by atoms with Gasteiger partial charge >= 0.3 is 0 Å². The molecule has 3 N–H and O–H groups in total. The van der Waals surface area contributed by atoms with Crippen molar-refractivity contribution < 1.29 is 14.6 Å². The van der Waals surface area contributed by atoms with E-state index in [9.17, 15) is 9.90 Å². The molecule has 30 heavy (non-hydrogen) atoms. The van der Waals surface area contributed by atoms with Crippen LogP contribution in [-0.2, 0) is 17.4 Å². The van der Waals surface area contributed by atoms with Gasteiger partial charge in [0, 0.05) is 38.4 Å². The summed E-state index contributed by atoms with van der Waals surface area (Å²) < 4.78 is 7.13. The number of nitrogens with zero attached hydrogens (tertiary/aromatic N) is 4. The fraction of sp³-hybridized carbons (Fsp3) is 0.476. The van der Waals surface area contributed by atoms with E-state index in [4.69, 9.17) is 4.74 Å². The molecule has 1 aliphatic heterocycles. The molecule has 1 aromatic carbocycles. The van der Waals surface area contributed by atoms with Gasteiger partial charge < -0.3 is 25.4 Å². The van der Waals surface area contributed by atoms with Gasteiger partial charge in [-0.1, -0.05) is 12.1 Å². The van der Waals surface area contributed by atoms with Crippen LogP contribution in [0.5, 0.6) is 5.75 Å². The third kappa shape index (κ3) is 5.29. The highest BCUT2D eigenvalue weighted by Gasteiger charge is 2.25. The number of para-hydroxylation sites is 2. The summed E-state index contributed by atoms with van der Waals surface area (Å²) in [6.45, 7) is 5.89. The zero-order valence-corrected chi connectivity index (χ0v) is 17.8. The summed E-state index contributed by atoms with van der Waals surface area (Å²) in [6, 6.07) is 7.56. The zero-order valence-electron chi connectivity index (χ0n) is 17.8. The number of hydrogen-bond donors (Lipinski definition) is 3. The number of benzene rings is 1. The zero-order chi connectivity index (χ0) is 21.6. The van der Waals surface area contributed by atoms with Crippen molar-refractivity contribution in [3.8, 4) is 5.75 Å². The summed E-state index contributed by atoms with van der Waals surface area (Å²) in [7, 11) is 1.81. The van der Waals surface area contributed by atoms with Gasteiger partial charge in [0.05, 0.1) is 18.4 Å². The largest absolute Gasteiger partial charge is 0.482 e. The predicted octanol–water partition coefficient (Wildman–Crippen LogP) is 0.998. The molecule has 9 heteroatoms. The molecular weight excluding hydrogens is 384 g/mol. The van der Waals surface area contributed by atoms with Gasteiger partial charge in [-0.3, -0.25) is 9.48 Å². The smallest absolute Gasteiger partial charge is 0.265 e. The van der Waals surface area contributed by atoms with Gasteiger partial charge in [-0.05, 0) is 32.4 Å². The number of aryl methyl sites for hydroxylation is 1. The summed E-state index contributed by atoms with van der Waals surface area (Å²) in [5, 5.41) is 21.3. The van der Waals surface area contributed by atoms with Crippen LogP contribution in [0.3, 0.4) is 0 Å². The Kier molecular flexibility index (Phi) is 6.94. The lowest BCUT2D eigenvalue weighted by molar-refractivity contribution is -0.121. The van der Waals surface area contributed by atoms with Crippen LogP contribution < -0.4 is 20.3 Å². The maximum absolute atomic E-state index is 12.2. The second-order valence-electron chi connectivity index (χ2n) is 7.45. The summed E-state index contributed by atoms with van der Waals surface area (Å²) in [5.41, 5.74) is 0.413. The van der Waals surface area contributed by atoms with Gasteiger partial charge in [-0.25, -0.2) is 4.99 Å². The third-order valence-electron chi connectivity index (χ3n) is 4.88. The van der Waals surface area contributed by atoms with Crippen LogP contribution in [-0.4, -0.2) is 59.5 Å². The number of ether oxygens (including phenoxy) is 1. The standard InChI is InChI=1S/C21H30N6O3/c1-4-22-20(24-15-21(2,29)16-12-25-26(3)13-16)23-10-7-11-27-17-8-5-6-9-18(17)30-14-19(27)28/h5-6,8-9,12-13,29H,4,7,10-11,14-15H2,1-3H3,(H2,22,23,24). The molecule has 0 saturated heterocycles. The molecule has 3 rings (SSSR count).